The van der Waals surface area contributed by atoms with Gasteiger partial charge in [-0.05, 0) is 54.1 Å². The molecule has 10 heteroatoms. The predicted octanol–water partition coefficient (Wildman–Crippen LogP) is 4.70. The van der Waals surface area contributed by atoms with Gasteiger partial charge in [0.05, 0.1) is 11.7 Å². The minimum atomic E-state index is -0.940. The molecule has 3 heterocycles. The van der Waals surface area contributed by atoms with Crippen molar-refractivity contribution in [1.29, 1.82) is 5.26 Å². The Kier molecular flexibility index (Phi) is 9.40. The molecule has 1 unspecified atom stereocenters. The second kappa shape index (κ2) is 12.9. The number of hydrazine groups is 1. The number of rotatable bonds is 9. The van der Waals surface area contributed by atoms with E-state index < -0.39 is 12.1 Å². The number of aliphatic hydroxyl groups excluding tert-OH is 1. The van der Waals surface area contributed by atoms with Gasteiger partial charge in [-0.2, -0.15) is 5.26 Å². The molecule has 1 saturated heterocycles. The number of thioether (sulfide) groups is 1. The Hall–Kier alpha value is -3.12. The number of amides is 1. The van der Waals surface area contributed by atoms with Crippen molar-refractivity contribution < 1.29 is 19.8 Å². The molecule has 0 aliphatic carbocycles. The van der Waals surface area contributed by atoms with Crippen LogP contribution in [0, 0.1) is 23.2 Å². The van der Waals surface area contributed by atoms with E-state index >= 15 is 0 Å². The lowest BCUT2D eigenvalue weighted by Gasteiger charge is -2.38. The predicted molar refractivity (Wildman–Crippen MR) is 147 cm³/mol. The zero-order valence-electron chi connectivity index (χ0n) is 19.9. The molecule has 1 aromatic carbocycles. The number of hydrogen-bond donors (Lipinski definition) is 2. The van der Waals surface area contributed by atoms with E-state index in [9.17, 15) is 14.7 Å². The summed E-state index contributed by atoms with van der Waals surface area (Å²) in [5.74, 6) is 5.91. The quantitative estimate of drug-likeness (QED) is 0.372. The van der Waals surface area contributed by atoms with Gasteiger partial charge in [-0.15, -0.1) is 22.7 Å². The average Bonchev–Trinajstić information content (AvgIpc) is 3.55. The van der Waals surface area contributed by atoms with Crippen LogP contribution in [0.2, 0.25) is 0 Å². The van der Waals surface area contributed by atoms with E-state index in [0.717, 1.165) is 21.6 Å². The second-order valence-electron chi connectivity index (χ2n) is 8.38. The van der Waals surface area contributed by atoms with E-state index in [1.807, 2.05) is 40.7 Å². The summed E-state index contributed by atoms with van der Waals surface area (Å²) in [7, 11) is 0. The minimum Gasteiger partial charge on any atom is -0.477 e. The fourth-order valence-corrected chi connectivity index (χ4v) is 6.25. The number of hydrogen-bond acceptors (Lipinski definition) is 8. The summed E-state index contributed by atoms with van der Waals surface area (Å²) in [5.41, 5.74) is 2.52. The van der Waals surface area contributed by atoms with Crippen molar-refractivity contribution >= 4 is 45.6 Å². The summed E-state index contributed by atoms with van der Waals surface area (Å²) in [6.45, 7) is 1.74. The summed E-state index contributed by atoms with van der Waals surface area (Å²) < 4.78 is 0. The molecule has 1 fully saturated rings. The number of carbonyl (C=O) groups is 2. The first-order valence-electron chi connectivity index (χ1n) is 11.7. The average molecular weight is 552 g/mol. The van der Waals surface area contributed by atoms with Crippen LogP contribution in [-0.2, 0) is 12.8 Å². The zero-order chi connectivity index (χ0) is 26.2. The molecule has 37 heavy (non-hydrogen) atoms. The maximum atomic E-state index is 12.6. The van der Waals surface area contributed by atoms with Gasteiger partial charge in [0.2, 0.25) is 0 Å². The highest BCUT2D eigenvalue weighted by Gasteiger charge is 2.27. The molecule has 0 bridgehead atoms. The number of carboxylic acids is 1. The first-order valence-corrected chi connectivity index (χ1v) is 14.4. The molecular formula is C27H25N3O4S3. The Bertz CT molecular complexity index is 1360. The lowest BCUT2D eigenvalue weighted by atomic mass is 10.0. The summed E-state index contributed by atoms with van der Waals surface area (Å²) in [4.78, 5) is 25.5. The van der Waals surface area contributed by atoms with Crippen LogP contribution in [0.4, 0.5) is 4.79 Å². The smallest absolute Gasteiger partial charge is 0.345 e. The molecule has 7 nitrogen and oxygen atoms in total. The van der Waals surface area contributed by atoms with Gasteiger partial charge < -0.3 is 10.2 Å². The highest BCUT2D eigenvalue weighted by Crippen LogP contribution is 2.22. The normalized spacial score (nSPS) is 14.6. The third-order valence-corrected chi connectivity index (χ3v) is 8.59. The van der Waals surface area contributed by atoms with Gasteiger partial charge in [0.25, 0.3) is 5.24 Å². The van der Waals surface area contributed by atoms with Gasteiger partial charge in [-0.25, -0.2) is 9.80 Å². The molecule has 1 aliphatic rings. The van der Waals surface area contributed by atoms with Crippen molar-refractivity contribution in [2.75, 3.05) is 25.4 Å². The lowest BCUT2D eigenvalue weighted by molar-refractivity contribution is 0.0148. The highest BCUT2D eigenvalue weighted by atomic mass is 32.2. The van der Waals surface area contributed by atoms with Gasteiger partial charge >= 0.3 is 5.97 Å². The summed E-state index contributed by atoms with van der Waals surface area (Å²) in [5, 5.41) is 34.5. The number of carbonyl (C=O) groups excluding carboxylic acids is 1. The van der Waals surface area contributed by atoms with Crippen molar-refractivity contribution in [3.05, 3.63) is 79.2 Å². The summed E-state index contributed by atoms with van der Waals surface area (Å²) >= 11 is 3.88. The van der Waals surface area contributed by atoms with Crippen LogP contribution in [0.25, 0.3) is 0 Å². The Morgan fingerprint density at radius 1 is 1.16 bits per heavy atom. The number of thiophene rings is 2. The van der Waals surface area contributed by atoms with Gasteiger partial charge in [0.1, 0.15) is 15.8 Å². The van der Waals surface area contributed by atoms with Crippen LogP contribution < -0.4 is 0 Å². The zero-order valence-corrected chi connectivity index (χ0v) is 22.4. The van der Waals surface area contributed by atoms with Gasteiger partial charge in [-0.3, -0.25) is 9.80 Å². The first kappa shape index (κ1) is 26.9. The van der Waals surface area contributed by atoms with Crippen LogP contribution in [0.3, 0.4) is 0 Å². The van der Waals surface area contributed by atoms with E-state index in [4.69, 9.17) is 10.4 Å². The van der Waals surface area contributed by atoms with Crippen LogP contribution in [0.5, 0.6) is 0 Å². The lowest BCUT2D eigenvalue weighted by Crippen LogP contribution is -2.51. The molecule has 4 rings (SSSR count). The third kappa shape index (κ3) is 7.45. The van der Waals surface area contributed by atoms with Gasteiger partial charge in [-0.1, -0.05) is 35.7 Å². The molecule has 3 aromatic rings. The fraction of sp³-hybridized carbons (Fsp3) is 0.296. The molecule has 1 amide bonds. The Balaban J connectivity index is 1.31. The molecule has 0 spiro atoms. The standard InChI is InChI=1S/C27H25N3O4S3/c28-18-25-21(10-14-35-25)5-4-19-2-1-3-20(16-19)17-22(31)8-11-29-13-15-36-27(34)30(29)12-9-23-6-7-24(37-23)26(32)33/h1-3,6-7,10,14,16,22,31H,8-9,11-13,15,17H2,(H,32,33). The SMILES string of the molecule is N#Cc1sccc1C#Cc1cccc(CC(O)CCN2CCSC(=O)N2CCc2ccc(C(=O)O)s2)c1. The Morgan fingerprint density at radius 2 is 2.03 bits per heavy atom. The molecule has 1 aliphatic heterocycles. The third-order valence-electron chi connectivity index (χ3n) is 5.80. The van der Waals surface area contributed by atoms with E-state index in [2.05, 4.69) is 17.9 Å². The number of carboxylic acid groups (broad SMARTS) is 1. The van der Waals surface area contributed by atoms with Crippen molar-refractivity contribution in [2.24, 2.45) is 0 Å². The van der Waals surface area contributed by atoms with Crippen LogP contribution >= 0.6 is 34.4 Å². The Morgan fingerprint density at radius 3 is 2.81 bits per heavy atom. The number of aliphatic hydroxyl groups is 1. The van der Waals surface area contributed by atoms with Crippen molar-refractivity contribution in [1.82, 2.24) is 10.0 Å². The molecule has 1 atom stereocenters. The topological polar surface area (TPSA) is 105 Å². The fourth-order valence-electron chi connectivity index (χ4n) is 3.94. The Labute approximate surface area is 227 Å². The molecular weight excluding hydrogens is 527 g/mol. The van der Waals surface area contributed by atoms with E-state index in [1.54, 1.807) is 17.1 Å². The van der Waals surface area contributed by atoms with Crippen LogP contribution in [0.15, 0.2) is 47.8 Å². The number of nitriles is 1. The highest BCUT2D eigenvalue weighted by molar-refractivity contribution is 8.13. The molecule has 2 N–H and O–H groups in total. The van der Waals surface area contributed by atoms with Crippen LogP contribution in [-0.4, -0.2) is 62.9 Å². The molecule has 0 radical (unpaired) electrons. The van der Waals surface area contributed by atoms with E-state index in [-0.39, 0.29) is 5.24 Å². The maximum absolute atomic E-state index is 12.6. The first-order chi connectivity index (χ1) is 17.9. The molecule has 2 aromatic heterocycles. The van der Waals surface area contributed by atoms with Crippen LogP contribution in [0.1, 0.15) is 42.5 Å². The second-order valence-corrected chi connectivity index (χ2v) is 11.5. The minimum absolute atomic E-state index is 0.0211. The van der Waals surface area contributed by atoms with Gasteiger partial charge in [0, 0.05) is 42.2 Å². The largest absolute Gasteiger partial charge is 0.477 e. The number of aromatic carboxylic acids is 1. The van der Waals surface area contributed by atoms with Crippen molar-refractivity contribution in [2.45, 2.75) is 25.4 Å². The van der Waals surface area contributed by atoms with E-state index in [0.29, 0.717) is 54.4 Å². The monoisotopic (exact) mass is 551 g/mol. The van der Waals surface area contributed by atoms with Gasteiger partial charge in [0.15, 0.2) is 0 Å². The molecule has 0 saturated carbocycles. The number of benzene rings is 1. The maximum Gasteiger partial charge on any atom is 0.345 e. The van der Waals surface area contributed by atoms with Crippen molar-refractivity contribution in [3.63, 3.8) is 0 Å². The van der Waals surface area contributed by atoms with E-state index in [1.165, 1.54) is 34.4 Å². The van der Waals surface area contributed by atoms with Crippen molar-refractivity contribution in [3.8, 4) is 17.9 Å². The number of nitrogens with zero attached hydrogens (tertiary/aromatic N) is 3. The summed E-state index contributed by atoms with van der Waals surface area (Å²) in [6, 6.07) is 15.1. The molecule has 190 valence electrons. The summed E-state index contributed by atoms with van der Waals surface area (Å²) in [6.07, 6.45) is 0.985.